The molecule has 1 aromatic carbocycles. The molecule has 1 saturated carbocycles. The molecule has 8 heteroatoms. The van der Waals surface area contributed by atoms with Crippen molar-refractivity contribution in [3.63, 3.8) is 0 Å². The van der Waals surface area contributed by atoms with E-state index in [9.17, 15) is 14.4 Å². The first-order valence-corrected chi connectivity index (χ1v) is 14.0. The number of aromatic nitrogens is 2. The van der Waals surface area contributed by atoms with Gasteiger partial charge in [0.1, 0.15) is 11.6 Å². The van der Waals surface area contributed by atoms with E-state index < -0.39 is 17.7 Å². The average molecular weight is 531 g/mol. The average Bonchev–Trinajstić information content (AvgIpc) is 2.88. The number of pyridine rings is 2. The SMILES string of the molecule is Cn1ccc2cc(N(Cc3ccc(C4CCCCC4)cn3)C(=O)[C@H]3CCN3C(=O)OC(C)(C)C)ccc2c1=O. The van der Waals surface area contributed by atoms with Crippen LogP contribution < -0.4 is 10.5 Å². The summed E-state index contributed by atoms with van der Waals surface area (Å²) in [7, 11) is 1.72. The van der Waals surface area contributed by atoms with Crippen LogP contribution in [0.15, 0.2) is 53.6 Å². The van der Waals surface area contributed by atoms with Gasteiger partial charge in [0.15, 0.2) is 0 Å². The number of carbonyl (C=O) groups excluding carboxylic acids is 2. The molecule has 5 rings (SSSR count). The highest BCUT2D eigenvalue weighted by molar-refractivity contribution is 6.01. The van der Waals surface area contributed by atoms with Gasteiger partial charge < -0.3 is 14.2 Å². The fourth-order valence-corrected chi connectivity index (χ4v) is 5.53. The summed E-state index contributed by atoms with van der Waals surface area (Å²) in [5.41, 5.74) is 1.96. The lowest BCUT2D eigenvalue weighted by Crippen LogP contribution is -2.59. The first-order chi connectivity index (χ1) is 18.6. The number of nitrogens with zero attached hydrogens (tertiary/aromatic N) is 4. The molecule has 0 N–H and O–H groups in total. The van der Waals surface area contributed by atoms with Crippen molar-refractivity contribution in [3.8, 4) is 0 Å². The molecule has 3 aromatic rings. The van der Waals surface area contributed by atoms with Crippen molar-refractivity contribution in [2.45, 2.75) is 83.4 Å². The number of ether oxygens (including phenoxy) is 1. The van der Waals surface area contributed by atoms with Gasteiger partial charge in [-0.25, -0.2) is 4.79 Å². The maximum atomic E-state index is 14.0. The van der Waals surface area contributed by atoms with E-state index in [0.29, 0.717) is 30.0 Å². The number of carbonyl (C=O) groups is 2. The Kier molecular flexibility index (Phi) is 7.47. The van der Waals surface area contributed by atoms with Crippen molar-refractivity contribution in [1.82, 2.24) is 14.5 Å². The molecule has 2 amide bonds. The largest absolute Gasteiger partial charge is 0.444 e. The number of hydrogen-bond acceptors (Lipinski definition) is 5. The molecule has 1 atom stereocenters. The van der Waals surface area contributed by atoms with Crippen molar-refractivity contribution in [2.24, 2.45) is 7.05 Å². The van der Waals surface area contributed by atoms with Gasteiger partial charge in [-0.05, 0) is 87.2 Å². The van der Waals surface area contributed by atoms with Crippen molar-refractivity contribution < 1.29 is 14.3 Å². The number of hydrogen-bond donors (Lipinski definition) is 0. The molecule has 0 radical (unpaired) electrons. The third-order valence-corrected chi connectivity index (χ3v) is 7.82. The molecule has 206 valence electrons. The second kappa shape index (κ2) is 10.8. The highest BCUT2D eigenvalue weighted by Gasteiger charge is 2.42. The van der Waals surface area contributed by atoms with Crippen molar-refractivity contribution in [2.75, 3.05) is 11.4 Å². The zero-order chi connectivity index (χ0) is 27.7. The Balaban J connectivity index is 1.44. The monoisotopic (exact) mass is 530 g/mol. The number of anilines is 1. The molecule has 8 nitrogen and oxygen atoms in total. The molecule has 39 heavy (non-hydrogen) atoms. The van der Waals surface area contributed by atoms with Gasteiger partial charge >= 0.3 is 6.09 Å². The van der Waals surface area contributed by atoms with E-state index in [1.807, 2.05) is 45.2 Å². The third kappa shape index (κ3) is 5.84. The Morgan fingerprint density at radius 1 is 1.05 bits per heavy atom. The molecule has 0 bridgehead atoms. The van der Waals surface area contributed by atoms with Crippen LogP contribution in [0, 0.1) is 0 Å². The lowest BCUT2D eigenvalue weighted by Gasteiger charge is -2.42. The summed E-state index contributed by atoms with van der Waals surface area (Å²) in [5.74, 6) is 0.368. The van der Waals surface area contributed by atoms with E-state index in [4.69, 9.17) is 9.72 Å². The summed E-state index contributed by atoms with van der Waals surface area (Å²) >= 11 is 0. The zero-order valence-corrected chi connectivity index (χ0v) is 23.4. The summed E-state index contributed by atoms with van der Waals surface area (Å²) in [4.78, 5) is 47.3. The van der Waals surface area contributed by atoms with E-state index in [-0.39, 0.29) is 18.0 Å². The predicted molar refractivity (Wildman–Crippen MR) is 152 cm³/mol. The molecule has 3 heterocycles. The first kappa shape index (κ1) is 26.9. The molecule has 0 unspecified atom stereocenters. The van der Waals surface area contributed by atoms with Crippen LogP contribution in [0.5, 0.6) is 0 Å². The van der Waals surface area contributed by atoms with Crippen LogP contribution in [-0.4, -0.2) is 44.6 Å². The van der Waals surface area contributed by atoms with Gasteiger partial charge in [-0.3, -0.25) is 19.5 Å². The van der Waals surface area contributed by atoms with E-state index in [0.717, 1.165) is 11.1 Å². The molecule has 2 aromatic heterocycles. The molecule has 0 spiro atoms. The Hall–Kier alpha value is -3.68. The summed E-state index contributed by atoms with van der Waals surface area (Å²) in [5, 5.41) is 1.34. The highest BCUT2D eigenvalue weighted by atomic mass is 16.6. The van der Waals surface area contributed by atoms with Crippen molar-refractivity contribution in [1.29, 1.82) is 0 Å². The normalized spacial score (nSPS) is 18.1. The second-order valence-corrected chi connectivity index (χ2v) is 11.8. The van der Waals surface area contributed by atoms with Gasteiger partial charge in [0.25, 0.3) is 5.56 Å². The second-order valence-electron chi connectivity index (χ2n) is 11.8. The Bertz CT molecular complexity index is 1420. The number of amides is 2. The quantitative estimate of drug-likeness (QED) is 0.433. The van der Waals surface area contributed by atoms with Crippen LogP contribution in [0.4, 0.5) is 10.5 Å². The zero-order valence-electron chi connectivity index (χ0n) is 23.4. The molecule has 2 fully saturated rings. The lowest BCUT2D eigenvalue weighted by molar-refractivity contribution is -0.128. The van der Waals surface area contributed by atoms with Gasteiger partial charge in [-0.15, -0.1) is 0 Å². The number of benzene rings is 1. The smallest absolute Gasteiger partial charge is 0.410 e. The van der Waals surface area contributed by atoms with Crippen LogP contribution in [0.25, 0.3) is 10.8 Å². The Morgan fingerprint density at radius 3 is 2.46 bits per heavy atom. The number of aryl methyl sites for hydroxylation is 1. The van der Waals surface area contributed by atoms with Crippen LogP contribution in [0.2, 0.25) is 0 Å². The first-order valence-electron chi connectivity index (χ1n) is 14.0. The topological polar surface area (TPSA) is 84.7 Å². The molecular weight excluding hydrogens is 492 g/mol. The fraction of sp³-hybridized carbons (Fsp3) is 0.484. The van der Waals surface area contributed by atoms with Crippen molar-refractivity contribution >= 4 is 28.5 Å². The van der Waals surface area contributed by atoms with Gasteiger partial charge in [0, 0.05) is 37.1 Å². The molecule has 1 aliphatic carbocycles. The molecule has 2 aliphatic rings. The number of rotatable bonds is 5. The third-order valence-electron chi connectivity index (χ3n) is 7.82. The van der Waals surface area contributed by atoms with Gasteiger partial charge in [0.2, 0.25) is 5.91 Å². The van der Waals surface area contributed by atoms with Gasteiger partial charge in [-0.2, -0.15) is 0 Å². The highest BCUT2D eigenvalue weighted by Crippen LogP contribution is 2.33. The Labute approximate surface area is 229 Å². The minimum absolute atomic E-state index is 0.0908. The van der Waals surface area contributed by atoms with Gasteiger partial charge in [0.05, 0.1) is 12.2 Å². The van der Waals surface area contributed by atoms with E-state index in [1.165, 1.54) is 47.1 Å². The van der Waals surface area contributed by atoms with E-state index in [2.05, 4.69) is 6.07 Å². The predicted octanol–water partition coefficient (Wildman–Crippen LogP) is 5.52. The van der Waals surface area contributed by atoms with Crippen LogP contribution in [0.1, 0.15) is 76.5 Å². The summed E-state index contributed by atoms with van der Waals surface area (Å²) < 4.78 is 7.08. The van der Waals surface area contributed by atoms with Crippen LogP contribution in [0.3, 0.4) is 0 Å². The van der Waals surface area contributed by atoms with E-state index in [1.54, 1.807) is 30.3 Å². The summed E-state index contributed by atoms with van der Waals surface area (Å²) in [6, 6.07) is 10.8. The molecular formula is C31H38N4O4. The minimum atomic E-state index is -0.644. The molecule has 1 aliphatic heterocycles. The Morgan fingerprint density at radius 2 is 1.82 bits per heavy atom. The lowest BCUT2D eigenvalue weighted by atomic mass is 9.85. The van der Waals surface area contributed by atoms with Crippen LogP contribution >= 0.6 is 0 Å². The van der Waals surface area contributed by atoms with Crippen molar-refractivity contribution in [3.05, 3.63) is 70.4 Å². The number of fused-ring (bicyclic) bond motifs is 1. The number of likely N-dealkylation sites (tertiary alicyclic amines) is 1. The van der Waals surface area contributed by atoms with Crippen LogP contribution in [-0.2, 0) is 23.1 Å². The standard InChI is InChI=1S/C31H38N4O4/c1-31(2,3)39-30(38)34-17-15-27(34)29(37)35(25-12-13-26-22(18-25)14-16-33(4)28(26)36)20-24-11-10-23(19-32-24)21-8-6-5-7-9-21/h10-14,16,18-19,21,27H,5-9,15,17,20H2,1-4H3/t27-/m1/s1. The summed E-state index contributed by atoms with van der Waals surface area (Å²) in [6.07, 6.45) is 9.98. The maximum Gasteiger partial charge on any atom is 0.410 e. The summed E-state index contributed by atoms with van der Waals surface area (Å²) in [6.45, 7) is 6.18. The maximum absolute atomic E-state index is 14.0. The van der Waals surface area contributed by atoms with E-state index >= 15 is 0 Å². The van der Waals surface area contributed by atoms with Gasteiger partial charge in [-0.1, -0.05) is 25.3 Å². The molecule has 1 saturated heterocycles. The fourth-order valence-electron chi connectivity index (χ4n) is 5.53. The minimum Gasteiger partial charge on any atom is -0.444 e.